The van der Waals surface area contributed by atoms with Crippen LogP contribution in [-0.4, -0.2) is 0 Å². The van der Waals surface area contributed by atoms with E-state index in [-0.39, 0.29) is 11.6 Å². The zero-order valence-corrected chi connectivity index (χ0v) is 19.0. The lowest BCUT2D eigenvalue weighted by Gasteiger charge is -2.40. The lowest BCUT2D eigenvalue weighted by Crippen LogP contribution is -2.13. The first-order chi connectivity index (χ1) is 14.9. The Balaban J connectivity index is 1.63. The molecule has 0 aromatic heterocycles. The van der Waals surface area contributed by atoms with Crippen LogP contribution in [0.5, 0.6) is 0 Å². The van der Waals surface area contributed by atoms with E-state index in [0.717, 1.165) is 17.5 Å². The van der Waals surface area contributed by atoms with Crippen molar-refractivity contribution in [3.8, 4) is 0 Å². The molecule has 1 aliphatic carbocycles. The normalized spacial score (nSPS) is 22.0. The molecule has 0 spiro atoms. The Morgan fingerprint density at radius 2 is 1.41 bits per heavy atom. The van der Waals surface area contributed by atoms with Crippen molar-refractivity contribution in [3.05, 3.63) is 65.0 Å². The highest BCUT2D eigenvalue weighted by atomic mass is 32.5. The zero-order chi connectivity index (χ0) is 23.5. The van der Waals surface area contributed by atoms with Crippen molar-refractivity contribution in [1.29, 1.82) is 0 Å². The molecule has 1 aliphatic rings. The summed E-state index contributed by atoms with van der Waals surface area (Å²) in [6.45, 7) is 2.22. The molecule has 1 fully saturated rings. The molecule has 0 amide bonds. The van der Waals surface area contributed by atoms with Gasteiger partial charge in [0.05, 0.1) is 0 Å². The predicted molar refractivity (Wildman–Crippen MR) is 122 cm³/mol. The van der Waals surface area contributed by atoms with Crippen molar-refractivity contribution in [3.63, 3.8) is 0 Å². The number of hydrogen-bond donors (Lipinski definition) is 0. The Labute approximate surface area is 186 Å². The summed E-state index contributed by atoms with van der Waals surface area (Å²) in [6, 6.07) is 9.42. The summed E-state index contributed by atoms with van der Waals surface area (Å²) in [4.78, 5) is -2.48. The van der Waals surface area contributed by atoms with Crippen LogP contribution in [-0.2, 0) is 0 Å². The van der Waals surface area contributed by atoms with E-state index in [0.29, 0.717) is 12.0 Å². The molecule has 1 saturated carbocycles. The lowest BCUT2D eigenvalue weighted by atomic mass is 9.77. The summed E-state index contributed by atoms with van der Waals surface area (Å²) in [5.74, 6) is -0.620. The Morgan fingerprint density at radius 3 is 2.00 bits per heavy atom. The van der Waals surface area contributed by atoms with Gasteiger partial charge in [-0.3, -0.25) is 0 Å². The minimum absolute atomic E-state index is 0.139. The quantitative estimate of drug-likeness (QED) is 0.202. The van der Waals surface area contributed by atoms with Crippen molar-refractivity contribution in [2.45, 2.75) is 69.1 Å². The monoisotopic (exact) mass is 476 g/mol. The van der Waals surface area contributed by atoms with Crippen LogP contribution < -0.4 is 0 Å². The predicted octanol–water partition coefficient (Wildman–Crippen LogP) is 10.5. The van der Waals surface area contributed by atoms with E-state index >= 15 is 0 Å². The molecule has 0 aliphatic heterocycles. The van der Waals surface area contributed by atoms with Gasteiger partial charge in [-0.15, -0.1) is 0 Å². The molecular weight excluding hydrogens is 446 g/mol. The zero-order valence-electron chi connectivity index (χ0n) is 18.2. The van der Waals surface area contributed by atoms with Crippen LogP contribution in [0.2, 0.25) is 0 Å². The first-order valence-electron chi connectivity index (χ1n) is 11.2. The molecule has 0 N–H and O–H groups in total. The molecular formula is C25H30F6S. The van der Waals surface area contributed by atoms with Gasteiger partial charge in [-0.05, 0) is 66.3 Å². The SMILES string of the molecule is CCCCCC1CCC(c2ccc(C=Cc3ccc(F)c(S(F)(F)(F)(F)F)c3)cc2)CC1. The van der Waals surface area contributed by atoms with Crippen molar-refractivity contribution >= 4 is 22.4 Å². The molecule has 0 bridgehead atoms. The lowest BCUT2D eigenvalue weighted by molar-refractivity contribution is 0.303. The van der Waals surface area contributed by atoms with Crippen LogP contribution >= 0.6 is 10.2 Å². The minimum atomic E-state index is -10.1. The number of unbranched alkanes of at least 4 members (excludes halogenated alkanes) is 2. The van der Waals surface area contributed by atoms with E-state index in [9.17, 15) is 23.8 Å². The van der Waals surface area contributed by atoms with E-state index in [1.165, 1.54) is 69.1 Å². The number of halogens is 6. The van der Waals surface area contributed by atoms with Gasteiger partial charge in [0.15, 0.2) is 0 Å². The molecule has 2 aromatic carbocycles. The van der Waals surface area contributed by atoms with Gasteiger partial charge >= 0.3 is 10.2 Å². The van der Waals surface area contributed by atoms with Gasteiger partial charge in [-0.25, -0.2) is 4.39 Å². The molecule has 2 aromatic rings. The second-order valence-corrected chi connectivity index (χ2v) is 11.3. The van der Waals surface area contributed by atoms with Crippen LogP contribution in [0.3, 0.4) is 0 Å². The molecule has 32 heavy (non-hydrogen) atoms. The summed E-state index contributed by atoms with van der Waals surface area (Å²) >= 11 is 0. The van der Waals surface area contributed by atoms with Crippen molar-refractivity contribution in [1.82, 2.24) is 0 Å². The van der Waals surface area contributed by atoms with E-state index in [1.54, 1.807) is 0 Å². The van der Waals surface area contributed by atoms with Gasteiger partial charge in [-0.2, -0.15) is 0 Å². The molecule has 3 rings (SSSR count). The van der Waals surface area contributed by atoms with Crippen LogP contribution in [0.15, 0.2) is 47.4 Å². The van der Waals surface area contributed by atoms with Gasteiger partial charge in [0.25, 0.3) is 0 Å². The molecule has 0 unspecified atom stereocenters. The molecule has 0 heterocycles. The third-order valence-electron chi connectivity index (χ3n) is 6.31. The third kappa shape index (κ3) is 6.80. The van der Waals surface area contributed by atoms with E-state index in [2.05, 4.69) is 6.92 Å². The second kappa shape index (κ2) is 8.81. The van der Waals surface area contributed by atoms with Crippen LogP contribution in [0.1, 0.15) is 80.9 Å². The van der Waals surface area contributed by atoms with Gasteiger partial charge < -0.3 is 0 Å². The van der Waals surface area contributed by atoms with Crippen LogP contribution in [0.25, 0.3) is 12.2 Å². The number of rotatable bonds is 8. The van der Waals surface area contributed by atoms with Crippen molar-refractivity contribution < 1.29 is 23.8 Å². The summed E-state index contributed by atoms with van der Waals surface area (Å²) < 4.78 is 78.5. The Bertz CT molecular complexity index is 940. The minimum Gasteiger partial charge on any atom is -0.205 e. The number of benzene rings is 2. The standard InChI is InChI=1S/C25H30F6S/c1-2-3-4-5-19-8-13-22(14-9-19)23-15-10-20(11-16-23)6-7-21-12-17-24(26)25(18-21)32(27,28,29,30)31/h6-7,10-12,15-19,22H,2-5,8-9,13-14H2,1H3. The topological polar surface area (TPSA) is 0 Å². The fourth-order valence-electron chi connectivity index (χ4n) is 4.46. The smallest absolute Gasteiger partial charge is 0.205 e. The summed E-state index contributed by atoms with van der Waals surface area (Å²) in [5, 5.41) is 0. The molecule has 0 nitrogen and oxygen atoms in total. The maximum atomic E-state index is 13.4. The first kappa shape index (κ1) is 24.7. The highest BCUT2D eigenvalue weighted by Crippen LogP contribution is 3.02. The molecule has 0 saturated heterocycles. The maximum Gasteiger partial charge on any atom is 0.313 e. The Kier molecular flexibility index (Phi) is 6.81. The highest BCUT2D eigenvalue weighted by Gasteiger charge is 2.67. The van der Waals surface area contributed by atoms with Gasteiger partial charge in [0, 0.05) is 0 Å². The fourth-order valence-corrected chi connectivity index (χ4v) is 5.25. The highest BCUT2D eigenvalue weighted by molar-refractivity contribution is 8.45. The largest absolute Gasteiger partial charge is 0.313 e. The van der Waals surface area contributed by atoms with E-state index < -0.39 is 20.9 Å². The number of hydrogen-bond acceptors (Lipinski definition) is 0. The average Bonchev–Trinajstić information content (AvgIpc) is 2.72. The maximum absolute atomic E-state index is 13.4. The van der Waals surface area contributed by atoms with Crippen LogP contribution in [0, 0.1) is 11.7 Å². The molecule has 7 heteroatoms. The Hall–Kier alpha value is -1.89. The van der Waals surface area contributed by atoms with Gasteiger partial charge in [0.1, 0.15) is 10.7 Å². The summed E-state index contributed by atoms with van der Waals surface area (Å²) in [5.41, 5.74) is 1.85. The second-order valence-electron chi connectivity index (χ2n) is 8.87. The van der Waals surface area contributed by atoms with Crippen molar-refractivity contribution in [2.75, 3.05) is 0 Å². The molecule has 0 atom stereocenters. The van der Waals surface area contributed by atoms with Gasteiger partial charge in [-0.1, -0.05) is 94.5 Å². The van der Waals surface area contributed by atoms with Crippen LogP contribution in [0.4, 0.5) is 23.8 Å². The summed E-state index contributed by atoms with van der Waals surface area (Å²) in [7, 11) is -10.1. The Morgan fingerprint density at radius 1 is 0.812 bits per heavy atom. The average molecular weight is 477 g/mol. The third-order valence-corrected chi connectivity index (χ3v) is 7.45. The summed E-state index contributed by atoms with van der Waals surface area (Å²) in [6.07, 6.45) is 12.8. The van der Waals surface area contributed by atoms with E-state index in [4.69, 9.17) is 0 Å². The first-order valence-corrected chi connectivity index (χ1v) is 13.1. The fraction of sp³-hybridized carbons (Fsp3) is 0.440. The van der Waals surface area contributed by atoms with Gasteiger partial charge in [0.2, 0.25) is 0 Å². The van der Waals surface area contributed by atoms with E-state index in [1.807, 2.05) is 24.3 Å². The molecule has 0 radical (unpaired) electrons. The molecule has 178 valence electrons. The van der Waals surface area contributed by atoms with Crippen molar-refractivity contribution in [2.24, 2.45) is 5.92 Å².